The van der Waals surface area contributed by atoms with Crippen LogP contribution >= 0.6 is 34.8 Å². The van der Waals surface area contributed by atoms with Crippen LogP contribution in [-0.4, -0.2) is 46.3 Å². The van der Waals surface area contributed by atoms with Crippen molar-refractivity contribution in [3.63, 3.8) is 0 Å². The van der Waals surface area contributed by atoms with Gasteiger partial charge in [0.15, 0.2) is 0 Å². The number of nitrogens with one attached hydrogen (secondary N) is 1. The Hall–Kier alpha value is -2.70. The predicted octanol–water partition coefficient (Wildman–Crippen LogP) is 4.07. The molecule has 4 rings (SSSR count). The minimum absolute atomic E-state index is 0.0399. The fourth-order valence-corrected chi connectivity index (χ4v) is 6.85. The summed E-state index contributed by atoms with van der Waals surface area (Å²) in [6, 6.07) is 8.90. The number of sulfonamides is 1. The SMILES string of the molecule is O=C(C(CCn1ccnc1[N+](=O)[O-])NS(=O)(=O)c1c(Cl)cc(Cl)cc1Cl)N1CCc2ccccc2C1. The molecule has 1 aliphatic rings. The van der Waals surface area contributed by atoms with Crippen molar-refractivity contribution in [2.75, 3.05) is 6.54 Å². The van der Waals surface area contributed by atoms with Gasteiger partial charge >= 0.3 is 5.95 Å². The molecule has 0 bridgehead atoms. The minimum atomic E-state index is -4.38. The molecule has 0 saturated carbocycles. The average Bonchev–Trinajstić information content (AvgIpc) is 3.29. The quantitative estimate of drug-likeness (QED) is 0.320. The summed E-state index contributed by atoms with van der Waals surface area (Å²) in [4.78, 5) is 29.0. The second-order valence-electron chi connectivity index (χ2n) is 8.12. The Kier molecular flexibility index (Phi) is 7.86. The number of hydrogen-bond acceptors (Lipinski definition) is 6. The van der Waals surface area contributed by atoms with Crippen LogP contribution in [0.15, 0.2) is 53.7 Å². The smallest absolute Gasteiger partial charge is 0.390 e. The zero-order valence-corrected chi connectivity index (χ0v) is 21.7. The number of fused-ring (bicyclic) bond motifs is 1. The van der Waals surface area contributed by atoms with Crippen LogP contribution in [0.3, 0.4) is 0 Å². The summed E-state index contributed by atoms with van der Waals surface area (Å²) in [6.07, 6.45) is 3.17. The van der Waals surface area contributed by atoms with Crippen LogP contribution < -0.4 is 4.72 Å². The Morgan fingerprint density at radius 2 is 1.83 bits per heavy atom. The lowest BCUT2D eigenvalue weighted by Gasteiger charge is -2.32. The van der Waals surface area contributed by atoms with Crippen LogP contribution in [0.25, 0.3) is 0 Å². The molecule has 0 fully saturated rings. The number of nitrogens with zero attached hydrogens (tertiary/aromatic N) is 4. The molecule has 36 heavy (non-hydrogen) atoms. The van der Waals surface area contributed by atoms with Gasteiger partial charge in [0.1, 0.15) is 23.3 Å². The maximum atomic E-state index is 13.6. The van der Waals surface area contributed by atoms with Gasteiger partial charge in [0.25, 0.3) is 0 Å². The highest BCUT2D eigenvalue weighted by Gasteiger charge is 2.33. The molecule has 2 heterocycles. The van der Waals surface area contributed by atoms with Crippen molar-refractivity contribution in [1.29, 1.82) is 0 Å². The van der Waals surface area contributed by atoms with E-state index < -0.39 is 37.7 Å². The summed E-state index contributed by atoms with van der Waals surface area (Å²) in [5.74, 6) is -0.892. The minimum Gasteiger partial charge on any atom is -0.390 e. The van der Waals surface area contributed by atoms with E-state index in [-0.39, 0.29) is 28.0 Å². The summed E-state index contributed by atoms with van der Waals surface area (Å²) in [5, 5.41) is 11.0. The molecule has 1 aliphatic heterocycles. The van der Waals surface area contributed by atoms with Crippen molar-refractivity contribution in [2.45, 2.75) is 36.9 Å². The van der Waals surface area contributed by atoms with Gasteiger partial charge in [0.2, 0.25) is 15.9 Å². The molecule has 190 valence electrons. The van der Waals surface area contributed by atoms with E-state index in [4.69, 9.17) is 34.8 Å². The molecule has 10 nitrogen and oxygen atoms in total. The molecule has 1 atom stereocenters. The molecule has 1 unspecified atom stereocenters. The molecule has 1 amide bonds. The van der Waals surface area contributed by atoms with Crippen molar-refractivity contribution in [3.8, 4) is 0 Å². The Balaban J connectivity index is 1.63. The number of carbonyl (C=O) groups excluding carboxylic acids is 1. The largest absolute Gasteiger partial charge is 0.434 e. The molecule has 0 spiro atoms. The summed E-state index contributed by atoms with van der Waals surface area (Å²) in [7, 11) is -4.38. The number of halogens is 3. The number of carbonyl (C=O) groups is 1. The molecule has 0 saturated heterocycles. The number of aromatic nitrogens is 2. The molecule has 0 aliphatic carbocycles. The van der Waals surface area contributed by atoms with Crippen molar-refractivity contribution >= 4 is 56.7 Å². The fourth-order valence-electron chi connectivity index (χ4n) is 4.08. The van der Waals surface area contributed by atoms with Crippen molar-refractivity contribution in [3.05, 3.63) is 85.1 Å². The molecule has 14 heteroatoms. The average molecular weight is 573 g/mol. The molecule has 1 aromatic heterocycles. The third kappa shape index (κ3) is 5.65. The highest BCUT2D eigenvalue weighted by atomic mass is 35.5. The summed E-state index contributed by atoms with van der Waals surface area (Å²) in [5.41, 5.74) is 2.08. The molecule has 0 radical (unpaired) electrons. The fraction of sp³-hybridized carbons (Fsp3) is 0.273. The van der Waals surface area contributed by atoms with Crippen LogP contribution in [-0.2, 0) is 34.3 Å². The lowest BCUT2D eigenvalue weighted by atomic mass is 9.99. The van der Waals surface area contributed by atoms with Gasteiger partial charge in [-0.3, -0.25) is 4.79 Å². The van der Waals surface area contributed by atoms with Crippen LogP contribution in [0.5, 0.6) is 0 Å². The maximum absolute atomic E-state index is 13.6. The van der Waals surface area contributed by atoms with E-state index in [1.54, 1.807) is 4.90 Å². The van der Waals surface area contributed by atoms with Crippen molar-refractivity contribution in [1.82, 2.24) is 19.2 Å². The van der Waals surface area contributed by atoms with E-state index in [2.05, 4.69) is 9.71 Å². The van der Waals surface area contributed by atoms with E-state index in [1.165, 1.54) is 29.1 Å². The van der Waals surface area contributed by atoms with Crippen LogP contribution in [0.4, 0.5) is 5.95 Å². The second kappa shape index (κ2) is 10.7. The van der Waals surface area contributed by atoms with E-state index in [9.17, 15) is 23.3 Å². The van der Waals surface area contributed by atoms with E-state index in [1.807, 2.05) is 24.3 Å². The third-order valence-corrected chi connectivity index (χ3v) is 8.40. The van der Waals surface area contributed by atoms with Gasteiger partial charge in [-0.1, -0.05) is 64.1 Å². The summed E-state index contributed by atoms with van der Waals surface area (Å²) in [6.45, 7) is 0.657. The number of hydrogen-bond donors (Lipinski definition) is 1. The molecular formula is C22H20Cl3N5O5S. The van der Waals surface area contributed by atoms with Crippen LogP contribution in [0.1, 0.15) is 17.5 Å². The first-order valence-corrected chi connectivity index (χ1v) is 13.4. The zero-order valence-electron chi connectivity index (χ0n) is 18.6. The van der Waals surface area contributed by atoms with Gasteiger partial charge in [0, 0.05) is 24.5 Å². The number of imidazole rings is 1. The standard InChI is InChI=1S/C22H20Cl3N5O5S/c23-16-11-17(24)20(18(25)12-16)36(34,35)27-19(6-9-28-10-7-26-22(28)30(32)33)21(31)29-8-5-14-3-1-2-4-15(14)13-29/h1-4,7,10-12,19,27H,5-6,8-9,13H2. The van der Waals surface area contributed by atoms with Gasteiger partial charge in [0.05, 0.1) is 16.6 Å². The lowest BCUT2D eigenvalue weighted by molar-refractivity contribution is -0.396. The van der Waals surface area contributed by atoms with Gasteiger partial charge in [-0.05, 0) is 34.6 Å². The Bertz CT molecular complexity index is 1410. The predicted molar refractivity (Wildman–Crippen MR) is 135 cm³/mol. The monoisotopic (exact) mass is 571 g/mol. The molecule has 2 aromatic carbocycles. The van der Waals surface area contributed by atoms with E-state index in [0.29, 0.717) is 19.5 Å². The lowest BCUT2D eigenvalue weighted by Crippen LogP contribution is -2.50. The topological polar surface area (TPSA) is 127 Å². The Morgan fingerprint density at radius 1 is 1.17 bits per heavy atom. The number of rotatable bonds is 8. The normalized spacial score (nSPS) is 14.4. The summed E-state index contributed by atoms with van der Waals surface area (Å²) < 4.78 is 30.2. The molecular weight excluding hydrogens is 553 g/mol. The second-order valence-corrected chi connectivity index (χ2v) is 11.0. The van der Waals surface area contributed by atoms with Crippen LogP contribution in [0, 0.1) is 10.1 Å². The molecule has 1 N–H and O–H groups in total. The Labute approximate surface area is 222 Å². The molecule has 3 aromatic rings. The van der Waals surface area contributed by atoms with E-state index in [0.717, 1.165) is 11.1 Å². The number of aryl methyl sites for hydroxylation is 1. The van der Waals surface area contributed by atoms with Gasteiger partial charge in [-0.2, -0.15) is 4.72 Å². The van der Waals surface area contributed by atoms with Crippen molar-refractivity contribution in [2.24, 2.45) is 0 Å². The zero-order chi connectivity index (χ0) is 26.0. The number of amides is 1. The van der Waals surface area contributed by atoms with Gasteiger partial charge < -0.3 is 15.0 Å². The first kappa shape index (κ1) is 26.4. The van der Waals surface area contributed by atoms with Gasteiger partial charge in [-0.25, -0.2) is 13.0 Å². The highest BCUT2D eigenvalue weighted by Crippen LogP contribution is 2.33. The van der Waals surface area contributed by atoms with Crippen molar-refractivity contribution < 1.29 is 18.1 Å². The first-order valence-electron chi connectivity index (χ1n) is 10.7. The maximum Gasteiger partial charge on any atom is 0.434 e. The highest BCUT2D eigenvalue weighted by molar-refractivity contribution is 7.89. The third-order valence-electron chi connectivity index (χ3n) is 5.79. The van der Waals surface area contributed by atoms with Gasteiger partial charge in [-0.15, -0.1) is 0 Å². The number of benzene rings is 2. The first-order chi connectivity index (χ1) is 17.1. The van der Waals surface area contributed by atoms with E-state index >= 15 is 0 Å². The van der Waals surface area contributed by atoms with Crippen LogP contribution in [0.2, 0.25) is 15.1 Å². The number of nitro groups is 1. The Morgan fingerprint density at radius 3 is 2.50 bits per heavy atom. The summed E-state index contributed by atoms with van der Waals surface area (Å²) >= 11 is 18.2.